The van der Waals surface area contributed by atoms with Gasteiger partial charge in [-0.05, 0) is 58.3 Å². The fourth-order valence-corrected chi connectivity index (χ4v) is 3.69. The smallest absolute Gasteiger partial charge is 0.410 e. The normalized spacial score (nSPS) is 24.8. The highest BCUT2D eigenvalue weighted by Crippen LogP contribution is 2.68. The lowest BCUT2D eigenvalue weighted by Gasteiger charge is -2.36. The summed E-state index contributed by atoms with van der Waals surface area (Å²) < 4.78 is 5.42. The maximum absolute atomic E-state index is 12.1. The van der Waals surface area contributed by atoms with Crippen LogP contribution in [-0.4, -0.2) is 53.8 Å². The second kappa shape index (κ2) is 6.64. The highest BCUT2D eigenvalue weighted by molar-refractivity contribution is 5.93. The molecular weight excluding hydrogens is 308 g/mol. The predicted octanol–water partition coefficient (Wildman–Crippen LogP) is 1.53. The Kier molecular flexibility index (Phi) is 5.14. The lowest BCUT2D eigenvalue weighted by atomic mass is 9.84. The summed E-state index contributed by atoms with van der Waals surface area (Å²) in [6.45, 7) is 8.91. The zero-order chi connectivity index (χ0) is 18.0. The number of amides is 2. The van der Waals surface area contributed by atoms with Gasteiger partial charge in [-0.25, -0.2) is 4.79 Å². The van der Waals surface area contributed by atoms with Gasteiger partial charge in [0.2, 0.25) is 0 Å². The molecule has 1 aliphatic carbocycles. The van der Waals surface area contributed by atoms with Crippen LogP contribution in [0.5, 0.6) is 0 Å². The molecule has 0 aromatic rings. The van der Waals surface area contributed by atoms with Crippen LogP contribution in [0.25, 0.3) is 0 Å². The van der Waals surface area contributed by atoms with Crippen LogP contribution in [0, 0.1) is 22.7 Å². The minimum atomic E-state index is -0.495. The van der Waals surface area contributed by atoms with E-state index in [4.69, 9.17) is 4.74 Å². The fraction of sp³-hybridized carbons (Fsp3) is 0.778. The molecule has 1 saturated carbocycles. The number of aliphatic hydroxyl groups excluding tert-OH is 1. The van der Waals surface area contributed by atoms with Crippen molar-refractivity contribution in [1.82, 2.24) is 10.2 Å². The number of nitrogens with one attached hydrogen (secondary N) is 1. The Bertz CT molecular complexity index is 562. The van der Waals surface area contributed by atoms with Gasteiger partial charge in [0, 0.05) is 25.0 Å². The van der Waals surface area contributed by atoms with Crippen molar-refractivity contribution < 1.29 is 19.4 Å². The molecule has 0 aromatic carbocycles. The van der Waals surface area contributed by atoms with Crippen LogP contribution in [0.4, 0.5) is 4.79 Å². The van der Waals surface area contributed by atoms with Gasteiger partial charge in [0.05, 0.1) is 6.61 Å². The molecule has 2 N–H and O–H groups in total. The van der Waals surface area contributed by atoms with E-state index in [0.29, 0.717) is 19.6 Å². The van der Waals surface area contributed by atoms with E-state index in [1.807, 2.05) is 20.8 Å². The van der Waals surface area contributed by atoms with E-state index in [2.05, 4.69) is 17.2 Å². The van der Waals surface area contributed by atoms with E-state index in [9.17, 15) is 14.7 Å². The van der Waals surface area contributed by atoms with Gasteiger partial charge in [0.15, 0.2) is 0 Å². The average Bonchev–Trinajstić information content (AvgIpc) is 3.11. The molecule has 1 aliphatic heterocycles. The maximum Gasteiger partial charge on any atom is 0.410 e. The minimum Gasteiger partial charge on any atom is -0.444 e. The fourth-order valence-electron chi connectivity index (χ4n) is 3.69. The van der Waals surface area contributed by atoms with Crippen LogP contribution in [0.3, 0.4) is 0 Å². The first-order valence-corrected chi connectivity index (χ1v) is 8.46. The highest BCUT2D eigenvalue weighted by atomic mass is 16.6. The van der Waals surface area contributed by atoms with Crippen molar-refractivity contribution in [2.45, 2.75) is 52.6 Å². The summed E-state index contributed by atoms with van der Waals surface area (Å²) in [5.74, 6) is 4.71. The largest absolute Gasteiger partial charge is 0.444 e. The number of carbonyl (C=O) groups is 2. The summed E-state index contributed by atoms with van der Waals surface area (Å²) in [7, 11) is 0. The van der Waals surface area contributed by atoms with Crippen LogP contribution in [0.15, 0.2) is 0 Å². The first-order valence-electron chi connectivity index (χ1n) is 8.46. The quantitative estimate of drug-likeness (QED) is 0.766. The summed E-state index contributed by atoms with van der Waals surface area (Å²) >= 11 is 0. The lowest BCUT2D eigenvalue weighted by Crippen LogP contribution is -2.44. The Morgan fingerprint density at radius 3 is 2.42 bits per heavy atom. The standard InChI is InChI=1S/C18H28N2O4/c1-5-6-14(22)19-12-18(13-21)11-17(18)7-9-20(10-8-17)15(23)24-16(2,3)4/h21H,7-13H2,1-4H3,(H,19,22). The van der Waals surface area contributed by atoms with Gasteiger partial charge in [0.25, 0.3) is 5.91 Å². The van der Waals surface area contributed by atoms with Gasteiger partial charge >= 0.3 is 6.09 Å². The number of likely N-dealkylation sites (tertiary alicyclic amines) is 1. The monoisotopic (exact) mass is 336 g/mol. The predicted molar refractivity (Wildman–Crippen MR) is 90.1 cm³/mol. The first kappa shape index (κ1) is 18.6. The molecule has 0 aromatic heterocycles. The van der Waals surface area contributed by atoms with Gasteiger partial charge < -0.3 is 20.1 Å². The Labute approximate surface area is 143 Å². The maximum atomic E-state index is 12.1. The summed E-state index contributed by atoms with van der Waals surface area (Å²) in [6, 6.07) is 0. The zero-order valence-electron chi connectivity index (χ0n) is 15.1. The average molecular weight is 336 g/mol. The molecule has 0 bridgehead atoms. The van der Waals surface area contributed by atoms with Crippen molar-refractivity contribution in [2.24, 2.45) is 10.8 Å². The number of hydrogen-bond donors (Lipinski definition) is 2. The minimum absolute atomic E-state index is 0.00713. The van der Waals surface area contributed by atoms with E-state index >= 15 is 0 Å². The molecule has 134 valence electrons. The molecule has 24 heavy (non-hydrogen) atoms. The highest BCUT2D eigenvalue weighted by Gasteiger charge is 2.66. The molecule has 1 heterocycles. The van der Waals surface area contributed by atoms with Crippen molar-refractivity contribution in [3.05, 3.63) is 0 Å². The van der Waals surface area contributed by atoms with Crippen LogP contribution < -0.4 is 5.32 Å². The van der Waals surface area contributed by atoms with E-state index < -0.39 is 5.60 Å². The second-order valence-electron chi connectivity index (χ2n) is 7.92. The van der Waals surface area contributed by atoms with E-state index in [1.54, 1.807) is 11.8 Å². The van der Waals surface area contributed by atoms with Gasteiger partial charge in [0.1, 0.15) is 5.60 Å². The van der Waals surface area contributed by atoms with Gasteiger partial charge in [-0.3, -0.25) is 4.79 Å². The van der Waals surface area contributed by atoms with Crippen molar-refractivity contribution in [2.75, 3.05) is 26.2 Å². The molecular formula is C18H28N2O4. The van der Waals surface area contributed by atoms with E-state index in [1.165, 1.54) is 0 Å². The van der Waals surface area contributed by atoms with Gasteiger partial charge in [-0.2, -0.15) is 0 Å². The molecule has 2 rings (SSSR count). The third-order valence-corrected chi connectivity index (χ3v) is 5.18. The van der Waals surface area contributed by atoms with Crippen molar-refractivity contribution >= 4 is 12.0 Å². The van der Waals surface area contributed by atoms with Gasteiger partial charge in [-0.15, -0.1) is 0 Å². The van der Waals surface area contributed by atoms with Crippen LogP contribution in [0.2, 0.25) is 0 Å². The Morgan fingerprint density at radius 1 is 1.29 bits per heavy atom. The van der Waals surface area contributed by atoms with E-state index in [-0.39, 0.29) is 29.4 Å². The molecule has 6 heteroatoms. The Hall–Kier alpha value is -1.74. The summed E-state index contributed by atoms with van der Waals surface area (Å²) in [6.07, 6.45) is 2.24. The molecule has 1 saturated heterocycles. The summed E-state index contributed by atoms with van der Waals surface area (Å²) in [5.41, 5.74) is -0.767. The van der Waals surface area contributed by atoms with Crippen LogP contribution >= 0.6 is 0 Å². The van der Waals surface area contributed by atoms with Crippen LogP contribution in [-0.2, 0) is 9.53 Å². The number of hydrogen-bond acceptors (Lipinski definition) is 4. The molecule has 1 spiro atoms. The molecule has 6 nitrogen and oxygen atoms in total. The number of carbonyl (C=O) groups excluding carboxylic acids is 2. The topological polar surface area (TPSA) is 78.9 Å². The number of piperidine rings is 1. The molecule has 2 fully saturated rings. The third-order valence-electron chi connectivity index (χ3n) is 5.18. The second-order valence-corrected chi connectivity index (χ2v) is 7.92. The van der Waals surface area contributed by atoms with Crippen molar-refractivity contribution in [3.63, 3.8) is 0 Å². The zero-order valence-corrected chi connectivity index (χ0v) is 15.1. The van der Waals surface area contributed by atoms with E-state index in [0.717, 1.165) is 19.3 Å². The summed E-state index contributed by atoms with van der Waals surface area (Å²) in [4.78, 5) is 25.4. The number of rotatable bonds is 3. The first-order chi connectivity index (χ1) is 11.2. The third kappa shape index (κ3) is 3.84. The van der Waals surface area contributed by atoms with Crippen molar-refractivity contribution in [1.29, 1.82) is 0 Å². The number of ether oxygens (including phenoxy) is 1. The number of nitrogens with zero attached hydrogens (tertiary/aromatic N) is 1. The molecule has 2 amide bonds. The SMILES string of the molecule is CC#CC(=O)NCC1(CO)CC12CCN(C(=O)OC(C)(C)C)CC2. The molecule has 2 aliphatic rings. The Balaban J connectivity index is 1.90. The lowest BCUT2D eigenvalue weighted by molar-refractivity contribution is -0.116. The molecule has 1 unspecified atom stereocenters. The molecule has 0 radical (unpaired) electrons. The van der Waals surface area contributed by atoms with Crippen molar-refractivity contribution in [3.8, 4) is 11.8 Å². The summed E-state index contributed by atoms with van der Waals surface area (Å²) in [5, 5.41) is 12.6. The molecule has 1 atom stereocenters. The Morgan fingerprint density at radius 2 is 1.92 bits per heavy atom. The van der Waals surface area contributed by atoms with Gasteiger partial charge in [-0.1, -0.05) is 5.92 Å². The number of aliphatic hydroxyl groups is 1. The van der Waals surface area contributed by atoms with Crippen LogP contribution in [0.1, 0.15) is 47.0 Å².